The van der Waals surface area contributed by atoms with Crippen LogP contribution in [0.3, 0.4) is 0 Å². The maximum atomic E-state index is 4.82. The van der Waals surface area contributed by atoms with Crippen molar-refractivity contribution in [2.24, 2.45) is 17.8 Å². The Balaban J connectivity index is 1.44. The molecule has 112 valence electrons. The minimum absolute atomic E-state index is 0.337. The Hall–Kier alpha value is -0.640. The van der Waals surface area contributed by atoms with Crippen molar-refractivity contribution in [2.45, 2.75) is 62.8 Å². The number of nitrogens with zero attached hydrogens (tertiary/aromatic N) is 2. The van der Waals surface area contributed by atoms with Gasteiger partial charge in [0.1, 0.15) is 16.2 Å². The molecular weight excluding hydrogens is 326 g/mol. The molecule has 5 saturated carbocycles. The van der Waals surface area contributed by atoms with Crippen molar-refractivity contribution in [1.29, 1.82) is 0 Å². The molecule has 0 spiro atoms. The van der Waals surface area contributed by atoms with Crippen LogP contribution in [0.15, 0.2) is 10.7 Å². The van der Waals surface area contributed by atoms with Crippen LogP contribution in [0.4, 0.5) is 5.82 Å². The molecule has 3 nitrogen and oxygen atoms in total. The zero-order valence-electron chi connectivity index (χ0n) is 12.3. The van der Waals surface area contributed by atoms with Gasteiger partial charge in [-0.25, -0.2) is 9.97 Å². The molecule has 4 heteroatoms. The molecule has 0 aromatic carbocycles. The van der Waals surface area contributed by atoms with Crippen LogP contribution in [-0.2, 0) is 0 Å². The maximum absolute atomic E-state index is 4.82. The first-order chi connectivity index (χ1) is 10.2. The van der Waals surface area contributed by atoms with Crippen LogP contribution < -0.4 is 5.32 Å². The van der Waals surface area contributed by atoms with Crippen molar-refractivity contribution < 1.29 is 0 Å². The Morgan fingerprint density at radius 2 is 1.62 bits per heavy atom. The summed E-state index contributed by atoms with van der Waals surface area (Å²) in [7, 11) is 0. The van der Waals surface area contributed by atoms with E-state index in [9.17, 15) is 0 Å². The molecule has 1 heterocycles. The second kappa shape index (κ2) is 4.43. The average molecular weight is 348 g/mol. The largest absolute Gasteiger partial charge is 0.364 e. The molecule has 0 unspecified atom stereocenters. The van der Waals surface area contributed by atoms with E-state index in [4.69, 9.17) is 4.98 Å². The van der Waals surface area contributed by atoms with Crippen LogP contribution >= 0.6 is 15.9 Å². The molecule has 1 aromatic heterocycles. The van der Waals surface area contributed by atoms with Gasteiger partial charge in [-0.2, -0.15) is 0 Å². The topological polar surface area (TPSA) is 37.8 Å². The third kappa shape index (κ3) is 2.30. The highest BCUT2D eigenvalue weighted by molar-refractivity contribution is 9.10. The molecule has 0 saturated heterocycles. The number of hydrogen-bond donors (Lipinski definition) is 1. The highest BCUT2D eigenvalue weighted by Gasteiger charge is 2.51. The van der Waals surface area contributed by atoms with E-state index < -0.39 is 0 Å². The van der Waals surface area contributed by atoms with Gasteiger partial charge in [0.15, 0.2) is 0 Å². The van der Waals surface area contributed by atoms with E-state index in [0.29, 0.717) is 11.5 Å². The number of rotatable bonds is 3. The Morgan fingerprint density at radius 1 is 1.00 bits per heavy atom. The lowest BCUT2D eigenvalue weighted by Gasteiger charge is -2.57. The van der Waals surface area contributed by atoms with E-state index in [0.717, 1.165) is 34.0 Å². The zero-order chi connectivity index (χ0) is 14.0. The van der Waals surface area contributed by atoms with Crippen LogP contribution in [0.25, 0.3) is 0 Å². The van der Waals surface area contributed by atoms with Crippen molar-refractivity contribution in [2.75, 3.05) is 5.32 Å². The summed E-state index contributed by atoms with van der Waals surface area (Å²) in [6.45, 7) is 0. The lowest BCUT2D eigenvalue weighted by molar-refractivity contribution is 0.0105. The molecule has 5 aliphatic rings. The van der Waals surface area contributed by atoms with Gasteiger partial charge < -0.3 is 5.32 Å². The molecule has 6 rings (SSSR count). The van der Waals surface area contributed by atoms with Gasteiger partial charge in [0.05, 0.1) is 0 Å². The summed E-state index contributed by atoms with van der Waals surface area (Å²) >= 11 is 3.57. The maximum Gasteiger partial charge on any atom is 0.135 e. The molecule has 4 bridgehead atoms. The number of aromatic nitrogens is 2. The highest BCUT2D eigenvalue weighted by Crippen LogP contribution is 2.56. The van der Waals surface area contributed by atoms with E-state index in [2.05, 4.69) is 32.3 Å². The van der Waals surface area contributed by atoms with Crippen LogP contribution in [-0.4, -0.2) is 15.5 Å². The Bertz CT molecular complexity index is 546. The summed E-state index contributed by atoms with van der Waals surface area (Å²) in [6.07, 6.45) is 11.1. The second-order valence-corrected chi connectivity index (χ2v) is 8.84. The molecule has 5 fully saturated rings. The van der Waals surface area contributed by atoms with Crippen LogP contribution in [0, 0.1) is 17.8 Å². The number of anilines is 1. The van der Waals surface area contributed by atoms with E-state index in [1.54, 1.807) is 0 Å². The van der Waals surface area contributed by atoms with Gasteiger partial charge in [-0.3, -0.25) is 0 Å². The molecule has 0 aliphatic heterocycles. The van der Waals surface area contributed by atoms with E-state index in [-0.39, 0.29) is 0 Å². The van der Waals surface area contributed by atoms with Gasteiger partial charge in [-0.1, -0.05) is 0 Å². The Labute approximate surface area is 134 Å². The van der Waals surface area contributed by atoms with Crippen molar-refractivity contribution in [3.8, 4) is 0 Å². The monoisotopic (exact) mass is 347 g/mol. The predicted octanol–water partition coefficient (Wildman–Crippen LogP) is 4.50. The number of halogens is 1. The number of nitrogens with one attached hydrogen (secondary N) is 1. The van der Waals surface area contributed by atoms with Crippen molar-refractivity contribution in [3.63, 3.8) is 0 Å². The fraction of sp³-hybridized carbons (Fsp3) is 0.765. The smallest absolute Gasteiger partial charge is 0.135 e. The lowest BCUT2D eigenvalue weighted by Crippen LogP contribution is -2.54. The van der Waals surface area contributed by atoms with E-state index in [1.807, 2.05) is 0 Å². The minimum atomic E-state index is 0.337. The SMILES string of the molecule is Brc1cc(NC23CC4CC(CC(C4)C2)C3)nc(C2CC2)n1. The van der Waals surface area contributed by atoms with Gasteiger partial charge in [0.25, 0.3) is 0 Å². The average Bonchev–Trinajstić information content (AvgIpc) is 3.19. The van der Waals surface area contributed by atoms with Crippen molar-refractivity contribution in [1.82, 2.24) is 9.97 Å². The Kier molecular flexibility index (Phi) is 2.72. The van der Waals surface area contributed by atoms with Crippen LogP contribution in [0.1, 0.15) is 63.1 Å². The summed E-state index contributed by atoms with van der Waals surface area (Å²) in [4.78, 5) is 9.38. The first-order valence-electron chi connectivity index (χ1n) is 8.50. The van der Waals surface area contributed by atoms with E-state index in [1.165, 1.54) is 51.4 Å². The molecule has 0 radical (unpaired) electrons. The lowest BCUT2D eigenvalue weighted by atomic mass is 9.53. The quantitative estimate of drug-likeness (QED) is 0.818. The molecular formula is C17H22BrN3. The van der Waals surface area contributed by atoms with Gasteiger partial charge in [-0.05, 0) is 85.1 Å². The second-order valence-electron chi connectivity index (χ2n) is 8.03. The minimum Gasteiger partial charge on any atom is -0.364 e. The molecule has 1 aromatic rings. The summed E-state index contributed by atoms with van der Waals surface area (Å²) in [6, 6.07) is 2.07. The predicted molar refractivity (Wildman–Crippen MR) is 86.2 cm³/mol. The molecule has 0 atom stereocenters. The van der Waals surface area contributed by atoms with Gasteiger partial charge >= 0.3 is 0 Å². The fourth-order valence-corrected chi connectivity index (χ4v) is 5.96. The van der Waals surface area contributed by atoms with Gasteiger partial charge in [0.2, 0.25) is 0 Å². The number of hydrogen-bond acceptors (Lipinski definition) is 3. The third-order valence-electron chi connectivity index (χ3n) is 6.09. The summed E-state index contributed by atoms with van der Waals surface area (Å²) < 4.78 is 0.937. The first kappa shape index (κ1) is 12.9. The summed E-state index contributed by atoms with van der Waals surface area (Å²) in [5.74, 6) is 5.61. The molecule has 21 heavy (non-hydrogen) atoms. The standard InChI is InChI=1S/C17H22BrN3/c18-14-6-15(20-16(19-14)13-1-2-13)21-17-7-10-3-11(8-17)5-12(4-10)9-17/h6,10-13H,1-5,7-9H2,(H,19,20,21). The summed E-state index contributed by atoms with van der Waals surface area (Å²) in [5, 5.41) is 3.87. The fourth-order valence-electron chi connectivity index (χ4n) is 5.56. The van der Waals surface area contributed by atoms with Crippen molar-refractivity contribution >= 4 is 21.7 Å². The first-order valence-corrected chi connectivity index (χ1v) is 9.29. The van der Waals surface area contributed by atoms with E-state index >= 15 is 0 Å². The summed E-state index contributed by atoms with van der Waals surface area (Å²) in [5.41, 5.74) is 0.337. The third-order valence-corrected chi connectivity index (χ3v) is 6.49. The zero-order valence-corrected chi connectivity index (χ0v) is 13.9. The molecule has 5 aliphatic carbocycles. The van der Waals surface area contributed by atoms with Crippen molar-refractivity contribution in [3.05, 3.63) is 16.5 Å². The normalized spacial score (nSPS) is 40.5. The Morgan fingerprint density at radius 3 is 2.19 bits per heavy atom. The molecule has 0 amide bonds. The van der Waals surface area contributed by atoms with Gasteiger partial charge in [0, 0.05) is 17.5 Å². The molecule has 1 N–H and O–H groups in total. The van der Waals surface area contributed by atoms with Gasteiger partial charge in [-0.15, -0.1) is 0 Å². The highest BCUT2D eigenvalue weighted by atomic mass is 79.9. The van der Waals surface area contributed by atoms with Crippen LogP contribution in [0.2, 0.25) is 0 Å². The van der Waals surface area contributed by atoms with Crippen LogP contribution in [0.5, 0.6) is 0 Å².